The molecule has 0 spiro atoms. The minimum absolute atomic E-state index is 0.0291. The Hall–Kier alpha value is -4.26. The van der Waals surface area contributed by atoms with Crippen LogP contribution in [0.25, 0.3) is 22.1 Å². The SMILES string of the molecule is COc1ccc([C@@H]2CC(=O)Oc3ccc4c(=O)c(-c5ccc(O)cc5)coc4c32)cc1O. The second-order valence-corrected chi connectivity index (χ2v) is 7.54. The number of aromatic hydroxyl groups is 2. The summed E-state index contributed by atoms with van der Waals surface area (Å²) in [4.78, 5) is 25.5. The van der Waals surface area contributed by atoms with Crippen molar-refractivity contribution in [2.45, 2.75) is 12.3 Å². The third-order valence-corrected chi connectivity index (χ3v) is 5.67. The standard InChI is InChI=1S/C25H18O7/c1-30-20-8-4-14(10-19(20)27)17-11-22(28)32-21-9-7-16-24(29)18(12-31-25(16)23(17)21)13-2-5-15(26)6-3-13/h2-10,12,17,26-27H,11H2,1H3/t17-/m0/s1. The predicted octanol–water partition coefficient (Wildman–Crippen LogP) is 4.32. The molecule has 32 heavy (non-hydrogen) atoms. The summed E-state index contributed by atoms with van der Waals surface area (Å²) in [5.74, 6) is -0.221. The maximum absolute atomic E-state index is 13.3. The molecule has 4 aromatic rings. The summed E-state index contributed by atoms with van der Waals surface area (Å²) in [6.45, 7) is 0. The number of phenolic OH excluding ortho intramolecular Hbond substituents is 2. The molecule has 0 bridgehead atoms. The molecule has 0 fully saturated rings. The fourth-order valence-electron chi connectivity index (χ4n) is 4.10. The van der Waals surface area contributed by atoms with E-state index in [1.165, 1.54) is 31.6 Å². The van der Waals surface area contributed by atoms with Gasteiger partial charge in [-0.2, -0.15) is 0 Å². The van der Waals surface area contributed by atoms with Crippen molar-refractivity contribution >= 4 is 16.9 Å². The summed E-state index contributed by atoms with van der Waals surface area (Å²) in [5.41, 5.74) is 2.28. The van der Waals surface area contributed by atoms with Crippen LogP contribution in [0.5, 0.6) is 23.0 Å². The molecule has 0 unspecified atom stereocenters. The third kappa shape index (κ3) is 3.15. The number of ether oxygens (including phenoxy) is 2. The van der Waals surface area contributed by atoms with E-state index in [2.05, 4.69) is 0 Å². The third-order valence-electron chi connectivity index (χ3n) is 5.67. The Morgan fingerprint density at radius 2 is 1.78 bits per heavy atom. The number of carbonyl (C=O) groups excluding carboxylic acids is 1. The summed E-state index contributed by atoms with van der Waals surface area (Å²) in [6.07, 6.45) is 1.40. The molecule has 1 aliphatic rings. The Balaban J connectivity index is 1.71. The average molecular weight is 430 g/mol. The lowest BCUT2D eigenvalue weighted by atomic mass is 9.85. The molecule has 0 saturated heterocycles. The van der Waals surface area contributed by atoms with Crippen molar-refractivity contribution < 1.29 is 28.9 Å². The summed E-state index contributed by atoms with van der Waals surface area (Å²) in [7, 11) is 1.45. The van der Waals surface area contributed by atoms with Gasteiger partial charge < -0.3 is 24.1 Å². The summed E-state index contributed by atoms with van der Waals surface area (Å²) in [5, 5.41) is 20.1. The maximum Gasteiger partial charge on any atom is 0.312 e. The molecule has 1 atom stereocenters. The van der Waals surface area contributed by atoms with Crippen LogP contribution < -0.4 is 14.9 Å². The minimum atomic E-state index is -0.477. The molecule has 0 aliphatic carbocycles. The molecule has 3 aromatic carbocycles. The fourth-order valence-corrected chi connectivity index (χ4v) is 4.10. The number of carbonyl (C=O) groups is 1. The van der Waals surface area contributed by atoms with Crippen molar-refractivity contribution in [3.05, 3.63) is 82.2 Å². The van der Waals surface area contributed by atoms with Crippen LogP contribution in [-0.2, 0) is 4.79 Å². The number of hydrogen-bond donors (Lipinski definition) is 2. The number of phenols is 2. The Bertz CT molecular complexity index is 1420. The van der Waals surface area contributed by atoms with Gasteiger partial charge in [-0.05, 0) is 47.5 Å². The van der Waals surface area contributed by atoms with Crippen molar-refractivity contribution in [3.63, 3.8) is 0 Å². The highest BCUT2D eigenvalue weighted by Gasteiger charge is 2.32. The smallest absolute Gasteiger partial charge is 0.312 e. The number of esters is 1. The highest BCUT2D eigenvalue weighted by Crippen LogP contribution is 2.44. The highest BCUT2D eigenvalue weighted by molar-refractivity contribution is 5.90. The molecular weight excluding hydrogens is 412 g/mol. The van der Waals surface area contributed by atoms with Gasteiger partial charge in [-0.1, -0.05) is 18.2 Å². The van der Waals surface area contributed by atoms with E-state index in [0.717, 1.165) is 0 Å². The zero-order chi connectivity index (χ0) is 22.4. The number of benzene rings is 3. The van der Waals surface area contributed by atoms with Crippen molar-refractivity contribution in [2.24, 2.45) is 0 Å². The minimum Gasteiger partial charge on any atom is -0.508 e. The molecule has 160 valence electrons. The van der Waals surface area contributed by atoms with Crippen LogP contribution in [0.4, 0.5) is 0 Å². The molecule has 5 rings (SSSR count). The van der Waals surface area contributed by atoms with Crippen LogP contribution in [0.1, 0.15) is 23.5 Å². The summed E-state index contributed by atoms with van der Waals surface area (Å²) in [6, 6.07) is 14.3. The second-order valence-electron chi connectivity index (χ2n) is 7.54. The molecule has 1 aliphatic heterocycles. The van der Waals surface area contributed by atoms with Crippen molar-refractivity contribution in [1.82, 2.24) is 0 Å². The van der Waals surface area contributed by atoms with E-state index in [4.69, 9.17) is 13.9 Å². The normalized spacial score (nSPS) is 15.3. The summed E-state index contributed by atoms with van der Waals surface area (Å²) >= 11 is 0. The topological polar surface area (TPSA) is 106 Å². The van der Waals surface area contributed by atoms with Gasteiger partial charge in [0.05, 0.1) is 24.5 Å². The predicted molar refractivity (Wildman–Crippen MR) is 116 cm³/mol. The zero-order valence-electron chi connectivity index (χ0n) is 17.0. The first-order valence-corrected chi connectivity index (χ1v) is 9.91. The molecule has 2 heterocycles. The first-order chi connectivity index (χ1) is 15.5. The largest absolute Gasteiger partial charge is 0.508 e. The molecule has 1 aromatic heterocycles. The van der Waals surface area contributed by atoms with Crippen molar-refractivity contribution in [1.29, 1.82) is 0 Å². The fraction of sp³-hybridized carbons (Fsp3) is 0.120. The van der Waals surface area contributed by atoms with Crippen LogP contribution >= 0.6 is 0 Å². The van der Waals surface area contributed by atoms with E-state index in [1.54, 1.807) is 36.4 Å². The van der Waals surface area contributed by atoms with Gasteiger partial charge >= 0.3 is 5.97 Å². The van der Waals surface area contributed by atoms with Gasteiger partial charge in [0.2, 0.25) is 5.43 Å². The van der Waals surface area contributed by atoms with E-state index in [9.17, 15) is 19.8 Å². The van der Waals surface area contributed by atoms with E-state index in [1.807, 2.05) is 0 Å². The Kier molecular flexibility index (Phi) is 4.59. The van der Waals surface area contributed by atoms with Gasteiger partial charge in [0.25, 0.3) is 0 Å². The van der Waals surface area contributed by atoms with Crippen LogP contribution in [0.15, 0.2) is 70.1 Å². The zero-order valence-corrected chi connectivity index (χ0v) is 17.0. The number of fused-ring (bicyclic) bond motifs is 3. The molecule has 7 heteroatoms. The molecular formula is C25H18O7. The lowest BCUT2D eigenvalue weighted by molar-refractivity contribution is -0.135. The lowest BCUT2D eigenvalue weighted by Crippen LogP contribution is -2.22. The monoisotopic (exact) mass is 430 g/mol. The van der Waals surface area contributed by atoms with E-state index < -0.39 is 11.9 Å². The first-order valence-electron chi connectivity index (χ1n) is 9.91. The quantitative estimate of drug-likeness (QED) is 0.368. The Morgan fingerprint density at radius 3 is 2.50 bits per heavy atom. The Morgan fingerprint density at radius 1 is 1.00 bits per heavy atom. The van der Waals surface area contributed by atoms with Crippen molar-refractivity contribution in [2.75, 3.05) is 7.11 Å². The molecule has 2 N–H and O–H groups in total. The van der Waals surface area contributed by atoms with Gasteiger partial charge in [0.15, 0.2) is 11.5 Å². The number of hydrogen-bond acceptors (Lipinski definition) is 7. The molecule has 7 nitrogen and oxygen atoms in total. The van der Waals surface area contributed by atoms with E-state index in [-0.39, 0.29) is 23.3 Å². The van der Waals surface area contributed by atoms with Crippen LogP contribution in [0.2, 0.25) is 0 Å². The van der Waals surface area contributed by atoms with Crippen LogP contribution in [0.3, 0.4) is 0 Å². The van der Waals surface area contributed by atoms with Gasteiger partial charge in [-0.3, -0.25) is 9.59 Å². The van der Waals surface area contributed by atoms with Crippen LogP contribution in [-0.4, -0.2) is 23.3 Å². The van der Waals surface area contributed by atoms with E-state index in [0.29, 0.717) is 44.7 Å². The summed E-state index contributed by atoms with van der Waals surface area (Å²) < 4.78 is 16.5. The number of methoxy groups -OCH3 is 1. The van der Waals surface area contributed by atoms with Gasteiger partial charge in [0.1, 0.15) is 23.3 Å². The van der Waals surface area contributed by atoms with Crippen LogP contribution in [0, 0.1) is 0 Å². The first kappa shape index (κ1) is 19.7. The Labute approximate surface area is 182 Å². The highest BCUT2D eigenvalue weighted by atomic mass is 16.5. The lowest BCUT2D eigenvalue weighted by Gasteiger charge is -2.25. The van der Waals surface area contributed by atoms with Gasteiger partial charge in [-0.15, -0.1) is 0 Å². The van der Waals surface area contributed by atoms with Gasteiger partial charge in [0, 0.05) is 11.5 Å². The molecule has 0 amide bonds. The van der Waals surface area contributed by atoms with Gasteiger partial charge in [-0.25, -0.2) is 0 Å². The molecule has 0 radical (unpaired) electrons. The molecule has 0 saturated carbocycles. The van der Waals surface area contributed by atoms with Crippen molar-refractivity contribution in [3.8, 4) is 34.1 Å². The second kappa shape index (κ2) is 7.46. The average Bonchev–Trinajstić information content (AvgIpc) is 2.79. The van der Waals surface area contributed by atoms with E-state index >= 15 is 0 Å². The number of rotatable bonds is 3. The maximum atomic E-state index is 13.3.